The molecule has 0 aliphatic carbocycles. The maximum atomic E-state index is 5.53. The topological polar surface area (TPSA) is 55.4 Å². The second-order valence-electron chi connectivity index (χ2n) is 2.97. The van der Waals surface area contributed by atoms with Crippen LogP contribution < -0.4 is 15.7 Å². The molecular formula is C8H13N4+. The van der Waals surface area contributed by atoms with E-state index in [1.165, 1.54) is 0 Å². The zero-order valence-electron chi connectivity index (χ0n) is 6.95. The fourth-order valence-corrected chi connectivity index (χ4v) is 1.44. The van der Waals surface area contributed by atoms with Gasteiger partial charge in [0.2, 0.25) is 0 Å². The Bertz CT molecular complexity index is 267. The van der Waals surface area contributed by atoms with Gasteiger partial charge in [-0.1, -0.05) is 0 Å². The molecule has 64 valence electrons. The summed E-state index contributed by atoms with van der Waals surface area (Å²) >= 11 is 0. The predicted molar refractivity (Wildman–Crippen MR) is 49.9 cm³/mol. The van der Waals surface area contributed by atoms with E-state index in [1.54, 1.807) is 0 Å². The summed E-state index contributed by atoms with van der Waals surface area (Å²) in [6.45, 7) is 4.12. The number of nitrogens with zero attached hydrogens (tertiary/aromatic N) is 2. The zero-order chi connectivity index (χ0) is 8.39. The molecule has 3 N–H and O–H groups in total. The van der Waals surface area contributed by atoms with E-state index >= 15 is 0 Å². The SMILES string of the molecule is NC1=[N+]=C(N2CCNCC2)C=C1. The van der Waals surface area contributed by atoms with E-state index in [0.29, 0.717) is 5.84 Å². The van der Waals surface area contributed by atoms with Crippen molar-refractivity contribution in [2.45, 2.75) is 0 Å². The molecule has 0 amide bonds. The van der Waals surface area contributed by atoms with Gasteiger partial charge in [0.05, 0.1) is 13.1 Å². The first-order valence-corrected chi connectivity index (χ1v) is 4.21. The Kier molecular flexibility index (Phi) is 1.86. The van der Waals surface area contributed by atoms with Crippen LogP contribution in [0.2, 0.25) is 0 Å². The molecule has 0 atom stereocenters. The summed E-state index contributed by atoms with van der Waals surface area (Å²) in [6, 6.07) is 0. The van der Waals surface area contributed by atoms with Crippen molar-refractivity contribution in [1.29, 1.82) is 0 Å². The maximum absolute atomic E-state index is 5.53. The first-order chi connectivity index (χ1) is 5.86. The van der Waals surface area contributed by atoms with Gasteiger partial charge in [0.15, 0.2) is 0 Å². The second kappa shape index (κ2) is 3.01. The number of rotatable bonds is 0. The largest absolute Gasteiger partial charge is 0.312 e. The van der Waals surface area contributed by atoms with Crippen LogP contribution in [0.5, 0.6) is 0 Å². The smallest absolute Gasteiger partial charge is 0.310 e. The molecule has 12 heavy (non-hydrogen) atoms. The highest BCUT2D eigenvalue weighted by molar-refractivity contribution is 6.08. The summed E-state index contributed by atoms with van der Waals surface area (Å²) in [5.74, 6) is 1.62. The van der Waals surface area contributed by atoms with Gasteiger partial charge < -0.3 is 11.1 Å². The van der Waals surface area contributed by atoms with Gasteiger partial charge in [-0.2, -0.15) is 0 Å². The molecule has 2 rings (SSSR count). The summed E-state index contributed by atoms with van der Waals surface area (Å²) in [6.07, 6.45) is 3.82. The molecule has 1 saturated heterocycles. The van der Waals surface area contributed by atoms with Crippen LogP contribution in [0.3, 0.4) is 0 Å². The Hall–Kier alpha value is -1.25. The third kappa shape index (κ3) is 1.35. The van der Waals surface area contributed by atoms with Gasteiger partial charge in [0, 0.05) is 25.2 Å². The summed E-state index contributed by atoms with van der Waals surface area (Å²) in [4.78, 5) is 2.24. The highest BCUT2D eigenvalue weighted by atomic mass is 15.2. The molecule has 0 saturated carbocycles. The Morgan fingerprint density at radius 1 is 1.33 bits per heavy atom. The Morgan fingerprint density at radius 3 is 2.67 bits per heavy atom. The van der Waals surface area contributed by atoms with Gasteiger partial charge in [-0.25, -0.2) is 4.67 Å². The van der Waals surface area contributed by atoms with Crippen molar-refractivity contribution in [1.82, 2.24) is 14.9 Å². The third-order valence-corrected chi connectivity index (χ3v) is 2.09. The molecule has 4 nitrogen and oxygen atoms in total. The summed E-state index contributed by atoms with van der Waals surface area (Å²) in [5.41, 5.74) is 5.53. The van der Waals surface area contributed by atoms with Gasteiger partial charge in [0.1, 0.15) is 0 Å². The summed E-state index contributed by atoms with van der Waals surface area (Å²) in [7, 11) is 0. The highest BCUT2D eigenvalue weighted by Crippen LogP contribution is 1.95. The average molecular weight is 165 g/mol. The molecule has 1 fully saturated rings. The van der Waals surface area contributed by atoms with E-state index in [2.05, 4.69) is 14.9 Å². The lowest BCUT2D eigenvalue weighted by Crippen LogP contribution is -2.46. The average Bonchev–Trinajstić information content (AvgIpc) is 2.54. The van der Waals surface area contributed by atoms with Crippen molar-refractivity contribution in [2.75, 3.05) is 26.2 Å². The molecule has 0 aromatic carbocycles. The van der Waals surface area contributed by atoms with Gasteiger partial charge >= 0.3 is 11.7 Å². The Labute approximate surface area is 71.5 Å². The second-order valence-corrected chi connectivity index (χ2v) is 2.97. The van der Waals surface area contributed by atoms with Crippen LogP contribution in [0.15, 0.2) is 12.2 Å². The first kappa shape index (κ1) is 7.40. The van der Waals surface area contributed by atoms with Crippen molar-refractivity contribution in [3.63, 3.8) is 0 Å². The van der Waals surface area contributed by atoms with Crippen LogP contribution in [0, 0.1) is 0 Å². The normalized spacial score (nSPS) is 22.5. The molecule has 2 aliphatic heterocycles. The molecule has 0 radical (unpaired) electrons. The van der Waals surface area contributed by atoms with Crippen molar-refractivity contribution >= 4 is 11.7 Å². The van der Waals surface area contributed by atoms with Crippen LogP contribution in [-0.2, 0) is 0 Å². The van der Waals surface area contributed by atoms with Gasteiger partial charge in [-0.05, 0) is 0 Å². The van der Waals surface area contributed by atoms with Crippen LogP contribution >= 0.6 is 0 Å². The van der Waals surface area contributed by atoms with Crippen LogP contribution in [-0.4, -0.2) is 42.8 Å². The monoisotopic (exact) mass is 165 g/mol. The summed E-state index contributed by atoms with van der Waals surface area (Å²) < 4.78 is 4.21. The van der Waals surface area contributed by atoms with E-state index < -0.39 is 0 Å². The lowest BCUT2D eigenvalue weighted by molar-refractivity contribution is 0.359. The predicted octanol–water partition coefficient (Wildman–Crippen LogP) is -1.72. The number of nitrogens with two attached hydrogens (primary N) is 1. The van der Waals surface area contributed by atoms with Gasteiger partial charge in [-0.3, -0.25) is 4.90 Å². The first-order valence-electron chi connectivity index (χ1n) is 4.21. The minimum atomic E-state index is 0.614. The van der Waals surface area contributed by atoms with E-state index in [4.69, 9.17) is 5.73 Å². The molecule has 0 aromatic heterocycles. The zero-order valence-corrected chi connectivity index (χ0v) is 6.95. The number of amidine groups is 2. The van der Waals surface area contributed by atoms with Crippen molar-refractivity contribution in [3.8, 4) is 0 Å². The van der Waals surface area contributed by atoms with Crippen molar-refractivity contribution in [3.05, 3.63) is 12.2 Å². The Morgan fingerprint density at radius 2 is 2.08 bits per heavy atom. The lowest BCUT2D eigenvalue weighted by atomic mass is 10.3. The fourth-order valence-electron chi connectivity index (χ4n) is 1.44. The maximum Gasteiger partial charge on any atom is 0.312 e. The van der Waals surface area contributed by atoms with Crippen LogP contribution in [0.1, 0.15) is 0 Å². The molecule has 0 unspecified atom stereocenters. The minimum absolute atomic E-state index is 0.614. The molecule has 0 aromatic rings. The molecule has 0 spiro atoms. The molecular weight excluding hydrogens is 152 g/mol. The van der Waals surface area contributed by atoms with Gasteiger partial charge in [0.25, 0.3) is 0 Å². The van der Waals surface area contributed by atoms with E-state index in [9.17, 15) is 0 Å². The van der Waals surface area contributed by atoms with Crippen LogP contribution in [0.25, 0.3) is 0 Å². The molecule has 0 bridgehead atoms. The molecule has 2 aliphatic rings. The lowest BCUT2D eigenvalue weighted by Gasteiger charge is -2.21. The van der Waals surface area contributed by atoms with E-state index in [1.807, 2.05) is 12.2 Å². The van der Waals surface area contributed by atoms with E-state index in [-0.39, 0.29) is 0 Å². The number of piperazine rings is 1. The van der Waals surface area contributed by atoms with Crippen molar-refractivity contribution < 1.29 is 0 Å². The Balaban J connectivity index is 2.10. The fraction of sp³-hybridized carbons (Fsp3) is 0.500. The van der Waals surface area contributed by atoms with Crippen LogP contribution in [0.4, 0.5) is 0 Å². The number of hydrogen-bond acceptors (Lipinski definition) is 3. The van der Waals surface area contributed by atoms with Gasteiger partial charge in [-0.15, -0.1) is 0 Å². The standard InChI is InChI=1S/C8H12N4/c9-7-1-2-8(11-7)12-5-3-10-4-6-12/h1-2,9-10H,3-6H2/p+1. The third-order valence-electron chi connectivity index (χ3n) is 2.09. The number of nitrogens with one attached hydrogen (secondary N) is 1. The molecule has 2 heterocycles. The number of hydrogen-bond donors (Lipinski definition) is 2. The van der Waals surface area contributed by atoms with Crippen molar-refractivity contribution in [2.24, 2.45) is 5.73 Å². The minimum Gasteiger partial charge on any atom is -0.310 e. The van der Waals surface area contributed by atoms with E-state index in [0.717, 1.165) is 32.0 Å². The summed E-state index contributed by atoms with van der Waals surface area (Å²) in [5, 5.41) is 3.29. The molecule has 4 heteroatoms. The quantitative estimate of drug-likeness (QED) is 0.420. The highest BCUT2D eigenvalue weighted by Gasteiger charge is 2.20.